The first-order valence-electron chi connectivity index (χ1n) is 8.45. The van der Waals surface area contributed by atoms with Crippen LogP contribution in [0.15, 0.2) is 30.3 Å². The van der Waals surface area contributed by atoms with Crippen molar-refractivity contribution in [1.82, 2.24) is 15.1 Å². The highest BCUT2D eigenvalue weighted by Crippen LogP contribution is 2.24. The highest BCUT2D eigenvalue weighted by atomic mass is 16.5. The number of nitrogens with one attached hydrogen (secondary N) is 1. The van der Waals surface area contributed by atoms with E-state index in [1.165, 1.54) is 5.56 Å². The van der Waals surface area contributed by atoms with E-state index < -0.39 is 6.10 Å². The van der Waals surface area contributed by atoms with Crippen molar-refractivity contribution in [2.45, 2.75) is 19.6 Å². The molecule has 1 aliphatic rings. The van der Waals surface area contributed by atoms with Crippen molar-refractivity contribution in [3.05, 3.63) is 47.2 Å². The molecule has 1 unspecified atom stereocenters. The SMILES string of the molecule is Cc1nn(C)c(N2CCOCC2)c1CNCC(O)c1ccccc1. The average molecular weight is 330 g/mol. The molecule has 130 valence electrons. The van der Waals surface area contributed by atoms with Gasteiger partial charge in [0, 0.05) is 38.8 Å². The zero-order valence-corrected chi connectivity index (χ0v) is 14.4. The van der Waals surface area contributed by atoms with Crippen LogP contribution in [0.5, 0.6) is 0 Å². The summed E-state index contributed by atoms with van der Waals surface area (Å²) in [5, 5.41) is 18.2. The predicted molar refractivity (Wildman–Crippen MR) is 94.1 cm³/mol. The van der Waals surface area contributed by atoms with Crippen LogP contribution < -0.4 is 10.2 Å². The van der Waals surface area contributed by atoms with Crippen molar-refractivity contribution in [3.63, 3.8) is 0 Å². The van der Waals surface area contributed by atoms with Gasteiger partial charge < -0.3 is 20.1 Å². The van der Waals surface area contributed by atoms with Crippen molar-refractivity contribution in [1.29, 1.82) is 0 Å². The third-order valence-electron chi connectivity index (χ3n) is 4.45. The first-order chi connectivity index (χ1) is 11.7. The molecule has 0 amide bonds. The molecule has 0 aliphatic carbocycles. The lowest BCUT2D eigenvalue weighted by Gasteiger charge is -2.29. The van der Waals surface area contributed by atoms with Crippen molar-refractivity contribution in [2.75, 3.05) is 37.7 Å². The normalized spacial score (nSPS) is 16.4. The van der Waals surface area contributed by atoms with Gasteiger partial charge >= 0.3 is 0 Å². The van der Waals surface area contributed by atoms with Crippen LogP contribution in [0.2, 0.25) is 0 Å². The lowest BCUT2D eigenvalue weighted by molar-refractivity contribution is 0.122. The standard InChI is InChI=1S/C18H26N4O2/c1-14-16(12-19-13-17(23)15-6-4-3-5-7-15)18(21(2)20-14)22-8-10-24-11-9-22/h3-7,17,19,23H,8-13H2,1-2H3. The van der Waals surface area contributed by atoms with Crippen molar-refractivity contribution >= 4 is 5.82 Å². The molecule has 6 nitrogen and oxygen atoms in total. The Morgan fingerprint density at radius 1 is 1.25 bits per heavy atom. The number of aryl methyl sites for hydroxylation is 2. The molecular weight excluding hydrogens is 304 g/mol. The molecule has 0 bridgehead atoms. The number of ether oxygens (including phenoxy) is 1. The van der Waals surface area contributed by atoms with E-state index in [-0.39, 0.29) is 0 Å². The first kappa shape index (κ1) is 17.0. The zero-order valence-electron chi connectivity index (χ0n) is 14.4. The summed E-state index contributed by atoms with van der Waals surface area (Å²) in [5.41, 5.74) is 3.15. The minimum Gasteiger partial charge on any atom is -0.387 e. The van der Waals surface area contributed by atoms with Crippen LogP contribution in [-0.2, 0) is 18.3 Å². The second-order valence-electron chi connectivity index (χ2n) is 6.17. The number of hydrogen-bond acceptors (Lipinski definition) is 5. The van der Waals surface area contributed by atoms with Gasteiger partial charge in [-0.1, -0.05) is 30.3 Å². The molecule has 1 saturated heterocycles. The van der Waals surface area contributed by atoms with E-state index in [2.05, 4.69) is 15.3 Å². The smallest absolute Gasteiger partial charge is 0.131 e. The largest absolute Gasteiger partial charge is 0.387 e. The number of morpholine rings is 1. The van der Waals surface area contributed by atoms with Crippen molar-refractivity contribution in [3.8, 4) is 0 Å². The molecule has 0 radical (unpaired) electrons. The predicted octanol–water partition coefficient (Wildman–Crippen LogP) is 1.39. The molecule has 1 fully saturated rings. The summed E-state index contributed by atoms with van der Waals surface area (Å²) in [6.07, 6.45) is -0.505. The van der Waals surface area contributed by atoms with Gasteiger partial charge in [0.25, 0.3) is 0 Å². The third-order valence-corrected chi connectivity index (χ3v) is 4.45. The Kier molecular flexibility index (Phi) is 5.50. The van der Waals surface area contributed by atoms with E-state index in [1.54, 1.807) is 0 Å². The van der Waals surface area contributed by atoms with Gasteiger partial charge in [-0.25, -0.2) is 0 Å². The number of hydrogen-bond donors (Lipinski definition) is 2. The van der Waals surface area contributed by atoms with Crippen molar-refractivity contribution < 1.29 is 9.84 Å². The average Bonchev–Trinajstić information content (AvgIpc) is 2.90. The maximum absolute atomic E-state index is 10.3. The van der Waals surface area contributed by atoms with Crippen LogP contribution in [0, 0.1) is 6.92 Å². The van der Waals surface area contributed by atoms with Crippen LogP contribution in [0.1, 0.15) is 22.9 Å². The first-order valence-corrected chi connectivity index (χ1v) is 8.45. The number of aliphatic hydroxyl groups is 1. The molecule has 2 heterocycles. The molecule has 2 N–H and O–H groups in total. The summed E-state index contributed by atoms with van der Waals surface area (Å²) in [4.78, 5) is 2.33. The van der Waals surface area contributed by atoms with E-state index in [4.69, 9.17) is 4.74 Å². The topological polar surface area (TPSA) is 62.5 Å². The highest BCUT2D eigenvalue weighted by molar-refractivity contribution is 5.50. The summed E-state index contributed by atoms with van der Waals surface area (Å²) >= 11 is 0. The summed E-state index contributed by atoms with van der Waals surface area (Å²) in [6, 6.07) is 9.74. The van der Waals surface area contributed by atoms with Crippen LogP contribution in [0.3, 0.4) is 0 Å². The molecule has 1 aromatic carbocycles. The molecule has 2 aromatic rings. The maximum atomic E-state index is 10.3. The van der Waals surface area contributed by atoms with Gasteiger partial charge in [0.15, 0.2) is 0 Å². The molecule has 1 aromatic heterocycles. The van der Waals surface area contributed by atoms with E-state index in [0.29, 0.717) is 13.1 Å². The highest BCUT2D eigenvalue weighted by Gasteiger charge is 2.21. The van der Waals surface area contributed by atoms with Crippen molar-refractivity contribution in [2.24, 2.45) is 7.05 Å². The van der Waals surface area contributed by atoms with E-state index in [1.807, 2.05) is 49.0 Å². The molecule has 24 heavy (non-hydrogen) atoms. The number of rotatable bonds is 6. The summed E-state index contributed by atoms with van der Waals surface area (Å²) in [7, 11) is 1.99. The number of aromatic nitrogens is 2. The van der Waals surface area contributed by atoms with E-state index >= 15 is 0 Å². The minimum absolute atomic E-state index is 0.505. The fraction of sp³-hybridized carbons (Fsp3) is 0.500. The van der Waals surface area contributed by atoms with Gasteiger partial charge in [0.1, 0.15) is 5.82 Å². The zero-order chi connectivity index (χ0) is 16.9. The van der Waals surface area contributed by atoms with Gasteiger partial charge in [0.2, 0.25) is 0 Å². The Labute approximate surface area is 143 Å². The van der Waals surface area contributed by atoms with E-state index in [9.17, 15) is 5.11 Å². The lowest BCUT2D eigenvalue weighted by Crippen LogP contribution is -2.38. The van der Waals surface area contributed by atoms with E-state index in [0.717, 1.165) is 43.4 Å². The fourth-order valence-corrected chi connectivity index (χ4v) is 3.19. The van der Waals surface area contributed by atoms with Gasteiger partial charge in [-0.3, -0.25) is 4.68 Å². The quantitative estimate of drug-likeness (QED) is 0.838. The Bertz CT molecular complexity index is 651. The van der Waals surface area contributed by atoms with Gasteiger partial charge in [0.05, 0.1) is 25.0 Å². The Balaban J connectivity index is 1.64. The number of aliphatic hydroxyl groups excluding tert-OH is 1. The fourth-order valence-electron chi connectivity index (χ4n) is 3.19. The van der Waals surface area contributed by atoms with Gasteiger partial charge in [-0.05, 0) is 12.5 Å². The Hall–Kier alpha value is -1.89. The van der Waals surface area contributed by atoms with Gasteiger partial charge in [-0.2, -0.15) is 5.10 Å². The van der Waals surface area contributed by atoms with Crippen LogP contribution >= 0.6 is 0 Å². The Morgan fingerprint density at radius 3 is 2.67 bits per heavy atom. The lowest BCUT2D eigenvalue weighted by atomic mass is 10.1. The molecule has 3 rings (SSSR count). The summed E-state index contributed by atoms with van der Waals surface area (Å²) in [6.45, 7) is 6.52. The third kappa shape index (κ3) is 3.77. The maximum Gasteiger partial charge on any atom is 0.131 e. The molecule has 6 heteroatoms. The number of benzene rings is 1. The number of nitrogens with zero attached hydrogens (tertiary/aromatic N) is 3. The number of anilines is 1. The molecular formula is C18H26N4O2. The molecule has 0 spiro atoms. The Morgan fingerprint density at radius 2 is 1.96 bits per heavy atom. The second-order valence-corrected chi connectivity index (χ2v) is 6.17. The molecule has 0 saturated carbocycles. The summed E-state index contributed by atoms with van der Waals surface area (Å²) in [5.74, 6) is 1.15. The van der Waals surface area contributed by atoms with Crippen LogP contribution in [0.4, 0.5) is 5.82 Å². The van der Waals surface area contributed by atoms with Crippen LogP contribution in [0.25, 0.3) is 0 Å². The second kappa shape index (κ2) is 7.79. The monoisotopic (exact) mass is 330 g/mol. The molecule has 1 atom stereocenters. The van der Waals surface area contributed by atoms with Crippen LogP contribution in [-0.4, -0.2) is 47.7 Å². The van der Waals surface area contributed by atoms with Gasteiger partial charge in [-0.15, -0.1) is 0 Å². The minimum atomic E-state index is -0.505. The molecule has 1 aliphatic heterocycles. The summed E-state index contributed by atoms with van der Waals surface area (Å²) < 4.78 is 7.40.